The molecule has 2 aromatic heterocycles. The Morgan fingerprint density at radius 2 is 2.04 bits per heavy atom. The standard InChI is InChI=1S/C18H19N3O3/c1-11-16(23-12(2)19-11)18(22)21-9-5-6-13(10-21)17-20-14-7-3-4-8-15(14)24-17/h3-4,7-8,13H,5-6,9-10H2,1-2H3. The van der Waals surface area contributed by atoms with Gasteiger partial charge in [0.2, 0.25) is 5.76 Å². The molecule has 1 atom stereocenters. The number of hydrogen-bond acceptors (Lipinski definition) is 5. The lowest BCUT2D eigenvalue weighted by atomic mass is 9.97. The number of nitrogens with zero attached hydrogens (tertiary/aromatic N) is 3. The van der Waals surface area contributed by atoms with Crippen molar-refractivity contribution in [2.75, 3.05) is 13.1 Å². The summed E-state index contributed by atoms with van der Waals surface area (Å²) in [6.07, 6.45) is 1.88. The van der Waals surface area contributed by atoms with Crippen LogP contribution in [-0.4, -0.2) is 33.9 Å². The van der Waals surface area contributed by atoms with Crippen LogP contribution in [0.15, 0.2) is 33.1 Å². The number of hydrogen-bond donors (Lipinski definition) is 0. The van der Waals surface area contributed by atoms with Crippen molar-refractivity contribution in [1.82, 2.24) is 14.9 Å². The molecule has 4 rings (SSSR count). The molecule has 0 spiro atoms. The van der Waals surface area contributed by atoms with E-state index in [1.807, 2.05) is 29.2 Å². The number of aromatic nitrogens is 2. The number of oxazole rings is 2. The van der Waals surface area contributed by atoms with Gasteiger partial charge in [-0.1, -0.05) is 12.1 Å². The normalized spacial score (nSPS) is 18.2. The molecule has 6 nitrogen and oxygen atoms in total. The molecule has 0 saturated carbocycles. The zero-order valence-corrected chi connectivity index (χ0v) is 13.8. The third-order valence-electron chi connectivity index (χ3n) is 4.47. The summed E-state index contributed by atoms with van der Waals surface area (Å²) in [6.45, 7) is 4.85. The number of piperidine rings is 1. The van der Waals surface area contributed by atoms with Crippen LogP contribution in [0.25, 0.3) is 11.1 Å². The minimum absolute atomic E-state index is 0.103. The number of carbonyl (C=O) groups is 1. The van der Waals surface area contributed by atoms with Crippen LogP contribution in [-0.2, 0) is 0 Å². The van der Waals surface area contributed by atoms with E-state index in [9.17, 15) is 4.79 Å². The third kappa shape index (κ3) is 2.58. The van der Waals surface area contributed by atoms with Gasteiger partial charge in [0.15, 0.2) is 17.4 Å². The largest absolute Gasteiger partial charge is 0.440 e. The van der Waals surface area contributed by atoms with Gasteiger partial charge in [0.25, 0.3) is 5.91 Å². The summed E-state index contributed by atoms with van der Waals surface area (Å²) in [5, 5.41) is 0. The summed E-state index contributed by atoms with van der Waals surface area (Å²) in [4.78, 5) is 23.3. The second kappa shape index (κ2) is 5.78. The van der Waals surface area contributed by atoms with E-state index < -0.39 is 0 Å². The van der Waals surface area contributed by atoms with Crippen molar-refractivity contribution in [3.05, 3.63) is 47.5 Å². The highest BCUT2D eigenvalue weighted by atomic mass is 16.4. The Morgan fingerprint density at radius 3 is 2.79 bits per heavy atom. The topological polar surface area (TPSA) is 72.4 Å². The van der Waals surface area contributed by atoms with Crippen LogP contribution in [0.1, 0.15) is 46.8 Å². The van der Waals surface area contributed by atoms with Crippen LogP contribution in [0.3, 0.4) is 0 Å². The Hall–Kier alpha value is -2.63. The average Bonchev–Trinajstić information content (AvgIpc) is 3.17. The second-order valence-corrected chi connectivity index (χ2v) is 6.26. The Balaban J connectivity index is 1.57. The van der Waals surface area contributed by atoms with Gasteiger partial charge < -0.3 is 13.7 Å². The van der Waals surface area contributed by atoms with Crippen LogP contribution in [0, 0.1) is 13.8 Å². The molecular weight excluding hydrogens is 306 g/mol. The van der Waals surface area contributed by atoms with Crippen LogP contribution in [0.2, 0.25) is 0 Å². The molecule has 3 aromatic rings. The lowest BCUT2D eigenvalue weighted by molar-refractivity contribution is 0.0664. The van der Waals surface area contributed by atoms with E-state index in [2.05, 4.69) is 9.97 Å². The fraction of sp³-hybridized carbons (Fsp3) is 0.389. The zero-order chi connectivity index (χ0) is 16.7. The molecule has 24 heavy (non-hydrogen) atoms. The summed E-state index contributed by atoms with van der Waals surface area (Å²) in [5.41, 5.74) is 2.29. The summed E-state index contributed by atoms with van der Waals surface area (Å²) < 4.78 is 11.4. The molecule has 0 radical (unpaired) electrons. The van der Waals surface area contributed by atoms with Crippen LogP contribution in [0.5, 0.6) is 0 Å². The Kier molecular flexibility index (Phi) is 3.59. The molecule has 6 heteroatoms. The van der Waals surface area contributed by atoms with Crippen molar-refractivity contribution in [2.24, 2.45) is 0 Å². The van der Waals surface area contributed by atoms with Gasteiger partial charge in [-0.25, -0.2) is 9.97 Å². The maximum absolute atomic E-state index is 12.7. The molecule has 1 aliphatic rings. The van der Waals surface area contributed by atoms with E-state index in [1.165, 1.54) is 0 Å². The number of rotatable bonds is 2. The summed E-state index contributed by atoms with van der Waals surface area (Å²) in [6, 6.07) is 7.73. The highest BCUT2D eigenvalue weighted by Gasteiger charge is 2.31. The van der Waals surface area contributed by atoms with Gasteiger partial charge in [-0.15, -0.1) is 0 Å². The molecule has 1 unspecified atom stereocenters. The highest BCUT2D eigenvalue weighted by molar-refractivity contribution is 5.92. The van der Waals surface area contributed by atoms with E-state index in [1.54, 1.807) is 13.8 Å². The summed E-state index contributed by atoms with van der Waals surface area (Å²) in [7, 11) is 0. The lowest BCUT2D eigenvalue weighted by Crippen LogP contribution is -2.39. The molecule has 1 fully saturated rings. The van der Waals surface area contributed by atoms with E-state index >= 15 is 0 Å². The first-order valence-electron chi connectivity index (χ1n) is 8.20. The lowest BCUT2D eigenvalue weighted by Gasteiger charge is -2.30. The van der Waals surface area contributed by atoms with E-state index in [0.29, 0.717) is 29.8 Å². The molecule has 0 bridgehead atoms. The number of benzene rings is 1. The molecule has 1 saturated heterocycles. The molecular formula is C18H19N3O3. The first-order valence-corrected chi connectivity index (χ1v) is 8.20. The second-order valence-electron chi connectivity index (χ2n) is 6.26. The van der Waals surface area contributed by atoms with Crippen molar-refractivity contribution in [3.8, 4) is 0 Å². The van der Waals surface area contributed by atoms with Gasteiger partial charge in [-0.3, -0.25) is 4.79 Å². The third-order valence-corrected chi connectivity index (χ3v) is 4.47. The maximum atomic E-state index is 12.7. The first kappa shape index (κ1) is 14.9. The molecule has 1 aromatic carbocycles. The van der Waals surface area contributed by atoms with Crippen molar-refractivity contribution < 1.29 is 13.6 Å². The summed E-state index contributed by atoms with van der Waals surface area (Å²) in [5.74, 6) is 1.57. The molecule has 1 aliphatic heterocycles. The predicted molar refractivity (Wildman–Crippen MR) is 87.9 cm³/mol. The van der Waals surface area contributed by atoms with Crippen LogP contribution in [0.4, 0.5) is 0 Å². The number of likely N-dealkylation sites (tertiary alicyclic amines) is 1. The number of fused-ring (bicyclic) bond motifs is 1. The van der Waals surface area contributed by atoms with Crippen LogP contribution < -0.4 is 0 Å². The number of aryl methyl sites for hydroxylation is 2. The van der Waals surface area contributed by atoms with Gasteiger partial charge in [0.05, 0.1) is 11.6 Å². The number of amides is 1. The van der Waals surface area contributed by atoms with Gasteiger partial charge in [-0.2, -0.15) is 0 Å². The molecule has 0 N–H and O–H groups in total. The Morgan fingerprint density at radius 1 is 1.21 bits per heavy atom. The molecule has 124 valence electrons. The average molecular weight is 325 g/mol. The van der Waals surface area contributed by atoms with E-state index in [0.717, 1.165) is 30.5 Å². The SMILES string of the molecule is Cc1nc(C)c(C(=O)N2CCCC(c3nc4ccccc4o3)C2)o1. The van der Waals surface area contributed by atoms with Crippen molar-refractivity contribution in [3.63, 3.8) is 0 Å². The Labute approximate surface area is 139 Å². The van der Waals surface area contributed by atoms with E-state index in [4.69, 9.17) is 8.83 Å². The van der Waals surface area contributed by atoms with Gasteiger partial charge >= 0.3 is 0 Å². The fourth-order valence-electron chi connectivity index (χ4n) is 3.30. The van der Waals surface area contributed by atoms with Crippen molar-refractivity contribution >= 4 is 17.0 Å². The van der Waals surface area contributed by atoms with Gasteiger partial charge in [0, 0.05) is 20.0 Å². The predicted octanol–water partition coefficient (Wildman–Crippen LogP) is 3.45. The smallest absolute Gasteiger partial charge is 0.291 e. The quantitative estimate of drug-likeness (QED) is 0.721. The fourth-order valence-corrected chi connectivity index (χ4v) is 3.30. The molecule has 1 amide bonds. The molecule has 0 aliphatic carbocycles. The number of para-hydroxylation sites is 2. The zero-order valence-electron chi connectivity index (χ0n) is 13.8. The maximum Gasteiger partial charge on any atom is 0.291 e. The highest BCUT2D eigenvalue weighted by Crippen LogP contribution is 2.30. The first-order chi connectivity index (χ1) is 11.6. The minimum atomic E-state index is -0.103. The van der Waals surface area contributed by atoms with Gasteiger partial charge in [-0.05, 0) is 31.9 Å². The number of carbonyl (C=O) groups excluding carboxylic acids is 1. The van der Waals surface area contributed by atoms with Crippen LogP contribution >= 0.6 is 0 Å². The minimum Gasteiger partial charge on any atom is -0.440 e. The van der Waals surface area contributed by atoms with E-state index in [-0.39, 0.29) is 11.8 Å². The summed E-state index contributed by atoms with van der Waals surface area (Å²) >= 11 is 0. The van der Waals surface area contributed by atoms with Crippen molar-refractivity contribution in [1.29, 1.82) is 0 Å². The van der Waals surface area contributed by atoms with Gasteiger partial charge in [0.1, 0.15) is 5.52 Å². The Bertz CT molecular complexity index is 863. The molecule has 3 heterocycles. The van der Waals surface area contributed by atoms with Crippen molar-refractivity contribution in [2.45, 2.75) is 32.6 Å². The monoisotopic (exact) mass is 325 g/mol.